The highest BCUT2D eigenvalue weighted by Gasteiger charge is 2.17. The Hall–Kier alpha value is 0.690. The van der Waals surface area contributed by atoms with Crippen molar-refractivity contribution in [2.24, 2.45) is 0 Å². The Labute approximate surface area is 72.2 Å². The van der Waals surface area contributed by atoms with Crippen molar-refractivity contribution in [1.29, 1.82) is 0 Å². The summed E-state index contributed by atoms with van der Waals surface area (Å²) in [6, 6.07) is 0. The van der Waals surface area contributed by atoms with Crippen LogP contribution in [0, 0.1) is 0 Å². The van der Waals surface area contributed by atoms with E-state index in [9.17, 15) is 0 Å². The lowest BCUT2D eigenvalue weighted by Crippen LogP contribution is -2.46. The summed E-state index contributed by atoms with van der Waals surface area (Å²) >= 11 is 2.47. The third-order valence-electron chi connectivity index (χ3n) is 2.27. The van der Waals surface area contributed by atoms with E-state index in [1.165, 1.54) is 28.7 Å². The fourth-order valence-electron chi connectivity index (χ4n) is 0.924. The van der Waals surface area contributed by atoms with Crippen LogP contribution in [0.25, 0.3) is 0 Å². The Kier molecular flexibility index (Phi) is 4.84. The molecular weight excluding hydrogens is 225 g/mol. The first kappa shape index (κ1) is 9.69. The summed E-state index contributed by atoms with van der Waals surface area (Å²) in [6.45, 7) is 10.6. The van der Waals surface area contributed by atoms with Crippen molar-refractivity contribution in [2.75, 3.05) is 24.2 Å². The van der Waals surface area contributed by atoms with E-state index in [4.69, 9.17) is 0 Å². The van der Waals surface area contributed by atoms with Gasteiger partial charge in [0, 0.05) is 0 Å². The Bertz CT molecular complexity index is 51.8. The minimum absolute atomic E-state index is 1.25. The number of alkyl halides is 1. The van der Waals surface area contributed by atoms with Gasteiger partial charge >= 0.3 is 0 Å². The van der Waals surface area contributed by atoms with Crippen molar-refractivity contribution < 1.29 is 4.48 Å². The van der Waals surface area contributed by atoms with Crippen LogP contribution in [-0.2, 0) is 0 Å². The molecule has 2 heteroatoms. The number of halogens is 1. The van der Waals surface area contributed by atoms with Crippen molar-refractivity contribution in [3.05, 3.63) is 0 Å². The maximum atomic E-state index is 2.47. The first-order valence-corrected chi connectivity index (χ1v) is 5.18. The van der Waals surface area contributed by atoms with Crippen molar-refractivity contribution >= 4 is 22.6 Å². The number of nitrogens with zero attached hydrogens (tertiary/aromatic N) is 1. The second kappa shape index (κ2) is 4.50. The minimum atomic E-state index is 1.25. The molecule has 56 valence electrons. The van der Waals surface area contributed by atoms with Crippen LogP contribution in [0.2, 0.25) is 0 Å². The third kappa shape index (κ3) is 2.42. The molecule has 0 radical (unpaired) electrons. The van der Waals surface area contributed by atoms with E-state index < -0.39 is 0 Å². The predicted molar refractivity (Wildman–Crippen MR) is 50.8 cm³/mol. The quantitative estimate of drug-likeness (QED) is 0.307. The summed E-state index contributed by atoms with van der Waals surface area (Å²) in [5.41, 5.74) is 0. The highest BCUT2D eigenvalue weighted by atomic mass is 127. The van der Waals surface area contributed by atoms with E-state index in [0.29, 0.717) is 0 Å². The van der Waals surface area contributed by atoms with Crippen LogP contribution in [0.3, 0.4) is 0 Å². The second-order valence-electron chi connectivity index (χ2n) is 2.41. The van der Waals surface area contributed by atoms with Crippen LogP contribution < -0.4 is 0 Å². The normalized spacial score (nSPS) is 12.0. The predicted octanol–water partition coefficient (Wildman–Crippen LogP) is 2.26. The summed E-state index contributed by atoms with van der Waals surface area (Å²) in [4.78, 5) is 0. The van der Waals surface area contributed by atoms with Crippen molar-refractivity contribution in [2.45, 2.75) is 20.8 Å². The van der Waals surface area contributed by atoms with Crippen LogP contribution in [0.15, 0.2) is 0 Å². The molecule has 0 aromatic carbocycles. The molecule has 0 heterocycles. The SMILES string of the molecule is CC[N+](CC)(CC)CI. The molecule has 0 unspecified atom stereocenters. The largest absolute Gasteiger partial charge is 0.316 e. The fourth-order valence-corrected chi connectivity index (χ4v) is 2.37. The zero-order chi connectivity index (χ0) is 7.33. The molecule has 0 spiro atoms. The minimum Gasteiger partial charge on any atom is -0.316 e. The van der Waals surface area contributed by atoms with Gasteiger partial charge in [0.05, 0.1) is 19.6 Å². The summed E-state index contributed by atoms with van der Waals surface area (Å²) in [6.07, 6.45) is 0. The van der Waals surface area contributed by atoms with Crippen LogP contribution in [-0.4, -0.2) is 28.7 Å². The number of hydrogen-bond acceptors (Lipinski definition) is 0. The van der Waals surface area contributed by atoms with E-state index in [0.717, 1.165) is 0 Å². The molecule has 9 heavy (non-hydrogen) atoms. The highest BCUT2D eigenvalue weighted by molar-refractivity contribution is 14.1. The van der Waals surface area contributed by atoms with E-state index in [2.05, 4.69) is 43.4 Å². The molecule has 0 aliphatic heterocycles. The average Bonchev–Trinajstić information content (AvgIpc) is 1.95. The molecule has 0 aliphatic carbocycles. The fraction of sp³-hybridized carbons (Fsp3) is 1.00. The third-order valence-corrected chi connectivity index (χ3v) is 3.71. The van der Waals surface area contributed by atoms with Crippen LogP contribution in [0.4, 0.5) is 0 Å². The number of rotatable bonds is 4. The maximum Gasteiger partial charge on any atom is 0.129 e. The Morgan fingerprint density at radius 2 is 1.33 bits per heavy atom. The molecule has 0 N–H and O–H groups in total. The van der Waals surface area contributed by atoms with Gasteiger partial charge < -0.3 is 4.48 Å². The van der Waals surface area contributed by atoms with Gasteiger partial charge in [-0.1, -0.05) is 0 Å². The van der Waals surface area contributed by atoms with Crippen molar-refractivity contribution in [3.63, 3.8) is 0 Å². The topological polar surface area (TPSA) is 0 Å². The Balaban J connectivity index is 3.82. The lowest BCUT2D eigenvalue weighted by molar-refractivity contribution is -0.908. The molecule has 0 bridgehead atoms. The molecule has 0 aliphatic rings. The van der Waals surface area contributed by atoms with Gasteiger partial charge in [-0.25, -0.2) is 0 Å². The standard InChI is InChI=1S/C7H17IN/c1-4-9(5-2,6-3)7-8/h4-7H2,1-3H3/q+1. The molecule has 0 amide bonds. The van der Waals surface area contributed by atoms with Gasteiger partial charge in [0.2, 0.25) is 0 Å². The first-order valence-electron chi connectivity index (χ1n) is 3.65. The van der Waals surface area contributed by atoms with Gasteiger partial charge in [-0.3, -0.25) is 0 Å². The van der Waals surface area contributed by atoms with Gasteiger partial charge in [0.1, 0.15) is 4.55 Å². The molecule has 0 saturated carbocycles. The lowest BCUT2D eigenvalue weighted by atomic mass is 10.4. The zero-order valence-electron chi connectivity index (χ0n) is 6.65. The number of hydrogen-bond donors (Lipinski definition) is 0. The van der Waals surface area contributed by atoms with Gasteiger partial charge in [-0.2, -0.15) is 0 Å². The van der Waals surface area contributed by atoms with E-state index >= 15 is 0 Å². The molecule has 0 atom stereocenters. The maximum absolute atomic E-state index is 2.47. The van der Waals surface area contributed by atoms with E-state index in [-0.39, 0.29) is 0 Å². The lowest BCUT2D eigenvalue weighted by Gasteiger charge is -2.33. The van der Waals surface area contributed by atoms with Crippen LogP contribution >= 0.6 is 22.6 Å². The van der Waals surface area contributed by atoms with Gasteiger partial charge in [-0.15, -0.1) is 0 Å². The van der Waals surface area contributed by atoms with Crippen molar-refractivity contribution in [3.8, 4) is 0 Å². The smallest absolute Gasteiger partial charge is 0.129 e. The second-order valence-corrected chi connectivity index (χ2v) is 3.09. The zero-order valence-corrected chi connectivity index (χ0v) is 8.81. The highest BCUT2D eigenvalue weighted by Crippen LogP contribution is 2.07. The van der Waals surface area contributed by atoms with E-state index in [1.807, 2.05) is 0 Å². The Morgan fingerprint density at radius 3 is 1.33 bits per heavy atom. The van der Waals surface area contributed by atoms with Crippen LogP contribution in [0.1, 0.15) is 20.8 Å². The summed E-state index contributed by atoms with van der Waals surface area (Å²) in [5, 5.41) is 0. The Morgan fingerprint density at radius 1 is 1.00 bits per heavy atom. The summed E-state index contributed by atoms with van der Waals surface area (Å²) in [7, 11) is 0. The molecule has 0 aromatic rings. The van der Waals surface area contributed by atoms with Crippen molar-refractivity contribution in [1.82, 2.24) is 0 Å². The van der Waals surface area contributed by atoms with Gasteiger partial charge in [0.25, 0.3) is 0 Å². The average molecular weight is 242 g/mol. The number of quaternary nitrogens is 1. The van der Waals surface area contributed by atoms with Gasteiger partial charge in [0.15, 0.2) is 0 Å². The first-order chi connectivity index (χ1) is 4.24. The molecule has 0 rings (SSSR count). The molecule has 0 fully saturated rings. The van der Waals surface area contributed by atoms with Crippen LogP contribution in [0.5, 0.6) is 0 Å². The molecular formula is C7H17IN+. The molecule has 0 aromatic heterocycles. The summed E-state index contributed by atoms with van der Waals surface area (Å²) in [5.74, 6) is 0. The monoisotopic (exact) mass is 242 g/mol. The molecule has 1 nitrogen and oxygen atoms in total. The van der Waals surface area contributed by atoms with E-state index in [1.54, 1.807) is 0 Å². The van der Waals surface area contributed by atoms with Gasteiger partial charge in [-0.05, 0) is 43.4 Å². The summed E-state index contributed by atoms with van der Waals surface area (Å²) < 4.78 is 2.52. The molecule has 0 saturated heterocycles.